The second-order valence-corrected chi connectivity index (χ2v) is 15.6. The number of hydrogen-bond donors (Lipinski definition) is 0. The fraction of sp³-hybridized carbons (Fsp3) is 0.0536. The van der Waals surface area contributed by atoms with Crippen LogP contribution in [0, 0.1) is 5.92 Å². The second kappa shape index (κ2) is 14.5. The largest absolute Gasteiger partial charge is 0.436 e. The van der Waals surface area contributed by atoms with E-state index in [1.165, 1.54) is 43.8 Å². The van der Waals surface area contributed by atoms with E-state index in [-0.39, 0.29) is 0 Å². The van der Waals surface area contributed by atoms with Crippen molar-refractivity contribution in [2.24, 2.45) is 5.92 Å². The minimum Gasteiger partial charge on any atom is -0.436 e. The Labute approximate surface area is 343 Å². The van der Waals surface area contributed by atoms with E-state index >= 15 is 0 Å². The molecule has 1 aliphatic rings. The van der Waals surface area contributed by atoms with E-state index in [2.05, 4.69) is 206 Å². The van der Waals surface area contributed by atoms with Crippen molar-refractivity contribution in [2.75, 3.05) is 4.90 Å². The van der Waals surface area contributed by atoms with Gasteiger partial charge in [0.25, 0.3) is 0 Å². The third-order valence-electron chi connectivity index (χ3n) is 11.8. The van der Waals surface area contributed by atoms with Gasteiger partial charge in [0.1, 0.15) is 5.52 Å². The molecular weight excluding hydrogens is 717 g/mol. The lowest BCUT2D eigenvalue weighted by molar-refractivity contribution is 0.620. The second-order valence-electron chi connectivity index (χ2n) is 15.6. The van der Waals surface area contributed by atoms with Gasteiger partial charge < -0.3 is 9.32 Å². The van der Waals surface area contributed by atoms with Gasteiger partial charge in [-0.3, -0.25) is 0 Å². The molecule has 9 aromatic carbocycles. The summed E-state index contributed by atoms with van der Waals surface area (Å²) < 4.78 is 6.24. The molecule has 0 amide bonds. The van der Waals surface area contributed by atoms with E-state index in [4.69, 9.17) is 9.40 Å². The summed E-state index contributed by atoms with van der Waals surface area (Å²) in [5.41, 5.74) is 13.2. The van der Waals surface area contributed by atoms with Crippen molar-refractivity contribution in [3.63, 3.8) is 0 Å². The van der Waals surface area contributed by atoms with Crippen LogP contribution in [0.3, 0.4) is 0 Å². The van der Waals surface area contributed by atoms with E-state index in [0.717, 1.165) is 62.0 Å². The fourth-order valence-corrected chi connectivity index (χ4v) is 8.74. The first-order chi connectivity index (χ1) is 29.1. The van der Waals surface area contributed by atoms with Crippen LogP contribution >= 0.6 is 0 Å². The monoisotopic (exact) mass is 756 g/mol. The molecule has 1 heterocycles. The molecule has 0 spiro atoms. The first-order valence-corrected chi connectivity index (χ1v) is 20.4. The number of benzene rings is 9. The lowest BCUT2D eigenvalue weighted by Gasteiger charge is -2.29. The van der Waals surface area contributed by atoms with Crippen LogP contribution in [-0.2, 0) is 0 Å². The number of rotatable bonds is 7. The first kappa shape index (κ1) is 34.7. The lowest BCUT2D eigenvalue weighted by Crippen LogP contribution is -2.12. The zero-order chi connectivity index (χ0) is 39.3. The molecule has 3 nitrogen and oxygen atoms in total. The molecule has 0 radical (unpaired) electrons. The summed E-state index contributed by atoms with van der Waals surface area (Å²) in [6.45, 7) is 2.27. The molecular formula is C56H40N2O. The van der Waals surface area contributed by atoms with Gasteiger partial charge in [0.2, 0.25) is 5.89 Å². The van der Waals surface area contributed by atoms with Gasteiger partial charge in [-0.1, -0.05) is 159 Å². The Kier molecular flexibility index (Phi) is 8.52. The normalized spacial score (nSPS) is 14.0. The van der Waals surface area contributed by atoms with Crippen LogP contribution in [0.5, 0.6) is 0 Å². The van der Waals surface area contributed by atoms with E-state index < -0.39 is 0 Å². The topological polar surface area (TPSA) is 29.3 Å². The molecule has 3 heteroatoms. The third kappa shape index (κ3) is 6.29. The van der Waals surface area contributed by atoms with Crippen LogP contribution in [-0.4, -0.2) is 4.98 Å². The van der Waals surface area contributed by atoms with Crippen molar-refractivity contribution < 1.29 is 4.42 Å². The zero-order valence-corrected chi connectivity index (χ0v) is 32.7. The first-order valence-electron chi connectivity index (χ1n) is 20.4. The van der Waals surface area contributed by atoms with Crippen LogP contribution in [0.1, 0.15) is 18.9 Å². The zero-order valence-electron chi connectivity index (χ0n) is 32.7. The van der Waals surface area contributed by atoms with Crippen molar-refractivity contribution >= 4 is 66.1 Å². The van der Waals surface area contributed by atoms with Gasteiger partial charge in [-0.05, 0) is 122 Å². The summed E-state index contributed by atoms with van der Waals surface area (Å²) in [6.07, 6.45) is 8.03. The van der Waals surface area contributed by atoms with Gasteiger partial charge in [-0.25, -0.2) is 4.98 Å². The summed E-state index contributed by atoms with van der Waals surface area (Å²) >= 11 is 0. The molecule has 10 aromatic rings. The number of nitrogens with zero attached hydrogens (tertiary/aromatic N) is 2. The summed E-state index contributed by atoms with van der Waals surface area (Å²) in [6, 6.07) is 67.5. The Morgan fingerprint density at radius 3 is 1.83 bits per heavy atom. The average molecular weight is 757 g/mol. The molecule has 1 atom stereocenters. The minimum atomic E-state index is 0.540. The van der Waals surface area contributed by atoms with Crippen LogP contribution in [0.2, 0.25) is 0 Å². The van der Waals surface area contributed by atoms with Gasteiger partial charge in [0, 0.05) is 27.9 Å². The Balaban J connectivity index is 0.960. The van der Waals surface area contributed by atoms with Crippen LogP contribution in [0.15, 0.2) is 211 Å². The number of anilines is 3. The standard InChI is InChI=1S/C56H40N2O/c1-37-18-20-41(21-19-37)48-13-8-9-17-53(48)58(46-33-28-42(29-34-46)52-36-44-11-3-4-12-47(44)50-15-6-7-16-51(50)52)45-31-26-39(27-32-45)38-22-24-43(25-23-38)56-57-55-49-14-5-2-10-40(49)30-35-54(55)59-56/h2-18,20-37H,19H2,1H3. The van der Waals surface area contributed by atoms with Crippen molar-refractivity contribution in [3.8, 4) is 33.7 Å². The predicted molar refractivity (Wildman–Crippen MR) is 248 cm³/mol. The van der Waals surface area contributed by atoms with Crippen LogP contribution in [0.25, 0.3) is 82.7 Å². The SMILES string of the molecule is CC1C=CC(c2ccccc2N(c2ccc(-c3ccc(-c4nc5c(ccc6ccccc65)o4)cc3)cc2)c2ccc(-c3cc4ccccc4c4ccccc34)cc2)=CC1. The molecule has 1 aromatic heterocycles. The van der Waals surface area contributed by atoms with Gasteiger partial charge in [-0.2, -0.15) is 0 Å². The van der Waals surface area contributed by atoms with Crippen molar-refractivity contribution in [1.29, 1.82) is 0 Å². The quantitative estimate of drug-likeness (QED) is 0.152. The number of hydrogen-bond acceptors (Lipinski definition) is 3. The molecule has 0 N–H and O–H groups in total. The van der Waals surface area contributed by atoms with Crippen molar-refractivity contribution in [2.45, 2.75) is 13.3 Å². The molecule has 1 aliphatic carbocycles. The Hall–Kier alpha value is -7.49. The summed E-state index contributed by atoms with van der Waals surface area (Å²) in [5.74, 6) is 1.17. The molecule has 1 unspecified atom stereocenters. The van der Waals surface area contributed by atoms with Gasteiger partial charge in [0.05, 0.1) is 5.69 Å². The van der Waals surface area contributed by atoms with Gasteiger partial charge >= 0.3 is 0 Å². The summed E-state index contributed by atoms with van der Waals surface area (Å²) in [4.78, 5) is 7.31. The molecule has 11 rings (SSSR count). The molecule has 59 heavy (non-hydrogen) atoms. The average Bonchev–Trinajstić information content (AvgIpc) is 3.75. The molecule has 280 valence electrons. The lowest BCUT2D eigenvalue weighted by atomic mass is 9.92. The number of para-hydroxylation sites is 1. The number of aromatic nitrogens is 1. The Bertz CT molecular complexity index is 3240. The molecule has 0 bridgehead atoms. The van der Waals surface area contributed by atoms with Crippen LogP contribution in [0.4, 0.5) is 17.1 Å². The molecule has 0 aliphatic heterocycles. The highest BCUT2D eigenvalue weighted by Crippen LogP contribution is 2.43. The summed E-state index contributed by atoms with van der Waals surface area (Å²) in [5, 5.41) is 7.33. The maximum Gasteiger partial charge on any atom is 0.227 e. The molecule has 0 fully saturated rings. The maximum absolute atomic E-state index is 6.24. The van der Waals surface area contributed by atoms with E-state index in [1.54, 1.807) is 0 Å². The molecule has 0 saturated heterocycles. The fourth-order valence-electron chi connectivity index (χ4n) is 8.74. The number of fused-ring (bicyclic) bond motifs is 6. The highest BCUT2D eigenvalue weighted by molar-refractivity contribution is 6.14. The summed E-state index contributed by atoms with van der Waals surface area (Å²) in [7, 11) is 0. The maximum atomic E-state index is 6.24. The van der Waals surface area contributed by atoms with E-state index in [0.29, 0.717) is 11.8 Å². The van der Waals surface area contributed by atoms with Crippen molar-refractivity contribution in [1.82, 2.24) is 4.98 Å². The van der Waals surface area contributed by atoms with Gasteiger partial charge in [-0.15, -0.1) is 0 Å². The number of allylic oxidation sites excluding steroid dienone is 4. The van der Waals surface area contributed by atoms with E-state index in [9.17, 15) is 0 Å². The Morgan fingerprint density at radius 1 is 0.508 bits per heavy atom. The predicted octanol–water partition coefficient (Wildman–Crippen LogP) is 15.7. The van der Waals surface area contributed by atoms with Gasteiger partial charge in [0.15, 0.2) is 5.58 Å². The minimum absolute atomic E-state index is 0.540. The van der Waals surface area contributed by atoms with E-state index in [1.807, 2.05) is 12.1 Å². The Morgan fingerprint density at radius 2 is 1.10 bits per heavy atom. The highest BCUT2D eigenvalue weighted by Gasteiger charge is 2.20. The van der Waals surface area contributed by atoms with Crippen LogP contribution < -0.4 is 4.90 Å². The third-order valence-corrected chi connectivity index (χ3v) is 11.8. The highest BCUT2D eigenvalue weighted by atomic mass is 16.3. The van der Waals surface area contributed by atoms with Crippen molar-refractivity contribution in [3.05, 3.63) is 212 Å². The number of oxazole rings is 1. The molecule has 0 saturated carbocycles. The smallest absolute Gasteiger partial charge is 0.227 e.